The summed E-state index contributed by atoms with van der Waals surface area (Å²) in [5.41, 5.74) is 7.52. The standard InChI is InChI=1S/C23H24N6O3/c24-21(30)20-12-14-29(27-20)19-10-8-18(9-11-19)25-22(31)16-5-4-13-28(15-16)23(32)26-17-6-2-1-3-7-17/h1-3,6-12,14,16H,4-5,13,15H2,(H2,24,30)(H,25,31)(H,26,32). The number of primary amides is 1. The molecule has 9 heteroatoms. The van der Waals surface area contributed by atoms with E-state index in [0.29, 0.717) is 18.8 Å². The molecule has 1 saturated heterocycles. The Hall–Kier alpha value is -4.14. The summed E-state index contributed by atoms with van der Waals surface area (Å²) in [6.07, 6.45) is 3.13. The average molecular weight is 432 g/mol. The molecule has 4 N–H and O–H groups in total. The number of piperidine rings is 1. The van der Waals surface area contributed by atoms with Gasteiger partial charge < -0.3 is 21.3 Å². The summed E-state index contributed by atoms with van der Waals surface area (Å²) >= 11 is 0. The highest BCUT2D eigenvalue weighted by molar-refractivity contribution is 5.94. The summed E-state index contributed by atoms with van der Waals surface area (Å²) < 4.78 is 1.54. The second-order valence-electron chi connectivity index (χ2n) is 7.63. The van der Waals surface area contributed by atoms with Gasteiger partial charge in [-0.3, -0.25) is 9.59 Å². The van der Waals surface area contributed by atoms with Crippen LogP contribution in [0.4, 0.5) is 16.2 Å². The summed E-state index contributed by atoms with van der Waals surface area (Å²) in [7, 11) is 0. The molecule has 1 aliphatic rings. The quantitative estimate of drug-likeness (QED) is 0.574. The van der Waals surface area contributed by atoms with E-state index in [1.54, 1.807) is 41.4 Å². The van der Waals surface area contributed by atoms with Crippen molar-refractivity contribution in [3.8, 4) is 5.69 Å². The number of hydrogen-bond acceptors (Lipinski definition) is 4. The van der Waals surface area contributed by atoms with Gasteiger partial charge in [0.05, 0.1) is 11.6 Å². The minimum atomic E-state index is -0.591. The Morgan fingerprint density at radius 1 is 0.938 bits per heavy atom. The number of urea groups is 1. The molecular weight excluding hydrogens is 408 g/mol. The van der Waals surface area contributed by atoms with Crippen molar-refractivity contribution in [3.63, 3.8) is 0 Å². The summed E-state index contributed by atoms with van der Waals surface area (Å²) in [5, 5.41) is 9.90. The maximum Gasteiger partial charge on any atom is 0.321 e. The molecule has 2 heterocycles. The Bertz CT molecular complexity index is 1110. The SMILES string of the molecule is NC(=O)c1ccn(-c2ccc(NC(=O)C3CCCN(C(=O)Nc4ccccc4)C3)cc2)n1. The van der Waals surface area contributed by atoms with Crippen LogP contribution >= 0.6 is 0 Å². The number of rotatable bonds is 5. The number of aromatic nitrogens is 2. The number of anilines is 2. The predicted octanol–water partition coefficient (Wildman–Crippen LogP) is 2.85. The second-order valence-corrected chi connectivity index (χ2v) is 7.63. The molecule has 2 aromatic carbocycles. The fourth-order valence-corrected chi connectivity index (χ4v) is 3.64. The second kappa shape index (κ2) is 9.34. The first-order valence-electron chi connectivity index (χ1n) is 10.4. The number of carbonyl (C=O) groups excluding carboxylic acids is 3. The van der Waals surface area contributed by atoms with Crippen molar-refractivity contribution in [1.29, 1.82) is 0 Å². The van der Waals surface area contributed by atoms with Crippen LogP contribution in [0.3, 0.4) is 0 Å². The number of para-hydroxylation sites is 1. The van der Waals surface area contributed by atoms with E-state index in [0.717, 1.165) is 24.2 Å². The zero-order chi connectivity index (χ0) is 22.5. The molecule has 164 valence electrons. The van der Waals surface area contributed by atoms with Gasteiger partial charge in [-0.2, -0.15) is 5.10 Å². The molecule has 4 amide bonds. The Morgan fingerprint density at radius 2 is 1.66 bits per heavy atom. The highest BCUT2D eigenvalue weighted by Gasteiger charge is 2.28. The summed E-state index contributed by atoms with van der Waals surface area (Å²) in [4.78, 5) is 38.2. The highest BCUT2D eigenvalue weighted by Crippen LogP contribution is 2.21. The molecule has 0 radical (unpaired) electrons. The third-order valence-corrected chi connectivity index (χ3v) is 5.35. The van der Waals surface area contributed by atoms with Crippen molar-refractivity contribution in [2.24, 2.45) is 11.7 Å². The molecule has 0 spiro atoms. The molecule has 0 saturated carbocycles. The van der Waals surface area contributed by atoms with E-state index in [1.165, 1.54) is 4.68 Å². The topological polar surface area (TPSA) is 122 Å². The lowest BCUT2D eigenvalue weighted by Crippen LogP contribution is -2.45. The summed E-state index contributed by atoms with van der Waals surface area (Å²) in [5.74, 6) is -0.995. The molecule has 9 nitrogen and oxygen atoms in total. The first kappa shape index (κ1) is 21.1. The number of nitrogens with zero attached hydrogens (tertiary/aromatic N) is 3. The van der Waals surface area contributed by atoms with Crippen LogP contribution in [-0.4, -0.2) is 45.6 Å². The zero-order valence-corrected chi connectivity index (χ0v) is 17.4. The number of benzene rings is 2. The number of carbonyl (C=O) groups is 3. The van der Waals surface area contributed by atoms with Crippen LogP contribution in [0.25, 0.3) is 5.69 Å². The molecule has 1 atom stereocenters. The van der Waals surface area contributed by atoms with Crippen LogP contribution in [-0.2, 0) is 4.79 Å². The average Bonchev–Trinajstić information content (AvgIpc) is 3.31. The third kappa shape index (κ3) is 4.94. The number of nitrogens with one attached hydrogen (secondary N) is 2. The normalized spacial score (nSPS) is 15.8. The third-order valence-electron chi connectivity index (χ3n) is 5.35. The largest absolute Gasteiger partial charge is 0.364 e. The number of hydrogen-bond donors (Lipinski definition) is 3. The monoisotopic (exact) mass is 432 g/mol. The lowest BCUT2D eigenvalue weighted by atomic mass is 9.97. The number of nitrogens with two attached hydrogens (primary N) is 1. The van der Waals surface area contributed by atoms with Gasteiger partial charge in [0.1, 0.15) is 5.69 Å². The van der Waals surface area contributed by atoms with Gasteiger partial charge in [-0.15, -0.1) is 0 Å². The van der Waals surface area contributed by atoms with Crippen molar-refractivity contribution < 1.29 is 14.4 Å². The van der Waals surface area contributed by atoms with E-state index in [2.05, 4.69) is 15.7 Å². The number of likely N-dealkylation sites (tertiary alicyclic amines) is 1. The van der Waals surface area contributed by atoms with Gasteiger partial charge in [0.15, 0.2) is 0 Å². The molecule has 32 heavy (non-hydrogen) atoms. The maximum atomic E-state index is 12.8. The van der Waals surface area contributed by atoms with Crippen LogP contribution in [0.15, 0.2) is 66.9 Å². The Labute approximate surface area is 185 Å². The smallest absolute Gasteiger partial charge is 0.321 e. The maximum absolute atomic E-state index is 12.8. The molecule has 1 fully saturated rings. The fraction of sp³-hybridized carbons (Fsp3) is 0.217. The first-order chi connectivity index (χ1) is 15.5. The van der Waals surface area contributed by atoms with Gasteiger partial charge >= 0.3 is 6.03 Å². The molecule has 0 bridgehead atoms. The van der Waals surface area contributed by atoms with Crippen LogP contribution in [0.1, 0.15) is 23.3 Å². The zero-order valence-electron chi connectivity index (χ0n) is 17.4. The minimum absolute atomic E-state index is 0.120. The predicted molar refractivity (Wildman–Crippen MR) is 120 cm³/mol. The van der Waals surface area contributed by atoms with E-state index in [4.69, 9.17) is 5.73 Å². The van der Waals surface area contributed by atoms with Crippen molar-refractivity contribution in [2.75, 3.05) is 23.7 Å². The molecule has 3 aromatic rings. The number of amides is 4. The highest BCUT2D eigenvalue weighted by atomic mass is 16.2. The lowest BCUT2D eigenvalue weighted by Gasteiger charge is -2.32. The van der Waals surface area contributed by atoms with Crippen molar-refractivity contribution in [2.45, 2.75) is 12.8 Å². The van der Waals surface area contributed by atoms with E-state index in [1.807, 2.05) is 30.3 Å². The minimum Gasteiger partial charge on any atom is -0.364 e. The summed E-state index contributed by atoms with van der Waals surface area (Å²) in [6, 6.07) is 17.7. The molecule has 1 aliphatic heterocycles. The van der Waals surface area contributed by atoms with E-state index in [9.17, 15) is 14.4 Å². The van der Waals surface area contributed by atoms with Crippen LogP contribution in [0.2, 0.25) is 0 Å². The first-order valence-corrected chi connectivity index (χ1v) is 10.4. The van der Waals surface area contributed by atoms with Crippen molar-refractivity contribution in [3.05, 3.63) is 72.6 Å². The van der Waals surface area contributed by atoms with Crippen LogP contribution in [0, 0.1) is 5.92 Å². The van der Waals surface area contributed by atoms with Gasteiger partial charge in [-0.05, 0) is 55.3 Å². The van der Waals surface area contributed by atoms with E-state index >= 15 is 0 Å². The van der Waals surface area contributed by atoms with E-state index in [-0.39, 0.29) is 23.6 Å². The Kier molecular flexibility index (Phi) is 6.16. The van der Waals surface area contributed by atoms with Gasteiger partial charge in [-0.25, -0.2) is 9.48 Å². The molecule has 0 aliphatic carbocycles. The Balaban J connectivity index is 1.34. The van der Waals surface area contributed by atoms with Crippen molar-refractivity contribution in [1.82, 2.24) is 14.7 Å². The fourth-order valence-electron chi connectivity index (χ4n) is 3.64. The van der Waals surface area contributed by atoms with E-state index < -0.39 is 5.91 Å². The Morgan fingerprint density at radius 3 is 2.34 bits per heavy atom. The van der Waals surface area contributed by atoms with Gasteiger partial charge in [0, 0.05) is 30.7 Å². The van der Waals surface area contributed by atoms with Gasteiger partial charge in [0.2, 0.25) is 5.91 Å². The van der Waals surface area contributed by atoms with Crippen LogP contribution < -0.4 is 16.4 Å². The molecule has 1 unspecified atom stereocenters. The molecule has 1 aromatic heterocycles. The van der Waals surface area contributed by atoms with Crippen LogP contribution in [0.5, 0.6) is 0 Å². The lowest BCUT2D eigenvalue weighted by molar-refractivity contribution is -0.121. The summed E-state index contributed by atoms with van der Waals surface area (Å²) in [6.45, 7) is 0.986. The van der Waals surface area contributed by atoms with Crippen molar-refractivity contribution >= 4 is 29.2 Å². The van der Waals surface area contributed by atoms with Gasteiger partial charge in [-0.1, -0.05) is 18.2 Å². The molecule has 4 rings (SSSR count). The van der Waals surface area contributed by atoms with Gasteiger partial charge in [0.25, 0.3) is 5.91 Å². The molecular formula is C23H24N6O3.